The van der Waals surface area contributed by atoms with Crippen molar-refractivity contribution in [3.05, 3.63) is 24.1 Å². The molecule has 0 saturated carbocycles. The highest BCUT2D eigenvalue weighted by atomic mass is 16.4. The van der Waals surface area contributed by atoms with E-state index in [0.717, 1.165) is 31.9 Å². The van der Waals surface area contributed by atoms with Crippen LogP contribution in [0.15, 0.2) is 18.2 Å². The molecule has 0 radical (unpaired) electrons. The van der Waals surface area contributed by atoms with Gasteiger partial charge in [0, 0.05) is 30.8 Å². The average molecular weight is 309 g/mol. The van der Waals surface area contributed by atoms with Crippen molar-refractivity contribution in [1.29, 1.82) is 0 Å². The van der Waals surface area contributed by atoms with E-state index in [-0.39, 0.29) is 0 Å². The minimum atomic E-state index is -1.26. The van der Waals surface area contributed by atoms with E-state index in [4.69, 9.17) is 10.2 Å². The van der Waals surface area contributed by atoms with Gasteiger partial charge in [-0.05, 0) is 25.6 Å². The molecular weight excluding hydrogens is 290 g/mol. The van der Waals surface area contributed by atoms with Gasteiger partial charge in [0.1, 0.15) is 0 Å². The fourth-order valence-corrected chi connectivity index (χ4v) is 1.70. The first-order valence-corrected chi connectivity index (χ1v) is 6.72. The first-order valence-electron chi connectivity index (χ1n) is 6.72. The Bertz CT molecular complexity index is 563. The molecule has 1 aromatic heterocycles. The molecular formula is C13H19N5O4. The lowest BCUT2D eigenvalue weighted by Gasteiger charge is -2.20. The number of nitrogens with zero attached hydrogens (tertiary/aromatic N) is 5. The highest BCUT2D eigenvalue weighted by molar-refractivity contribution is 5.89. The Morgan fingerprint density at radius 3 is 2.41 bits per heavy atom. The van der Waals surface area contributed by atoms with Crippen LogP contribution in [0.2, 0.25) is 0 Å². The standard InChI is InChI=1S/C9H15N5.C4H4O4/c1-3-14-11-9(10-12-14)8-5-4-6-13(2)7-8;5-3(6)1-2-4(7)8/h5H,3-4,6-7H2,1-2H3;1-2H,(H,5,6)(H,7,8)/b;2-1-. The number of rotatable bonds is 4. The molecule has 1 aromatic rings. The normalized spacial score (nSPS) is 15.1. The van der Waals surface area contributed by atoms with Gasteiger partial charge in [-0.1, -0.05) is 6.08 Å². The van der Waals surface area contributed by atoms with Crippen molar-refractivity contribution in [3.8, 4) is 0 Å². The molecule has 0 fully saturated rings. The summed E-state index contributed by atoms with van der Waals surface area (Å²) in [5.74, 6) is -1.74. The van der Waals surface area contributed by atoms with E-state index in [1.165, 1.54) is 5.57 Å². The lowest BCUT2D eigenvalue weighted by atomic mass is 10.1. The van der Waals surface area contributed by atoms with Crippen LogP contribution in [0.3, 0.4) is 0 Å². The number of likely N-dealkylation sites (N-methyl/N-ethyl adjacent to an activating group) is 1. The van der Waals surface area contributed by atoms with Gasteiger partial charge in [-0.15, -0.1) is 10.2 Å². The zero-order valence-electron chi connectivity index (χ0n) is 12.5. The fourth-order valence-electron chi connectivity index (χ4n) is 1.70. The summed E-state index contributed by atoms with van der Waals surface area (Å²) in [4.78, 5) is 23.0. The maximum atomic E-state index is 9.55. The summed E-state index contributed by atoms with van der Waals surface area (Å²) >= 11 is 0. The Labute approximate surface area is 127 Å². The van der Waals surface area contributed by atoms with E-state index >= 15 is 0 Å². The van der Waals surface area contributed by atoms with Crippen LogP contribution >= 0.6 is 0 Å². The summed E-state index contributed by atoms with van der Waals surface area (Å²) in [6.45, 7) is 4.82. The number of carboxylic acid groups (broad SMARTS) is 2. The second-order valence-electron chi connectivity index (χ2n) is 4.57. The monoisotopic (exact) mass is 309 g/mol. The van der Waals surface area contributed by atoms with Gasteiger partial charge >= 0.3 is 11.9 Å². The van der Waals surface area contributed by atoms with Crippen LogP contribution in [0.25, 0.3) is 5.57 Å². The van der Waals surface area contributed by atoms with Crippen molar-refractivity contribution >= 4 is 17.5 Å². The average Bonchev–Trinajstić information content (AvgIpc) is 2.95. The Kier molecular flexibility index (Phi) is 6.90. The molecule has 0 aliphatic carbocycles. The van der Waals surface area contributed by atoms with Crippen molar-refractivity contribution in [2.24, 2.45) is 0 Å². The topological polar surface area (TPSA) is 121 Å². The molecule has 0 aromatic carbocycles. The number of tetrazole rings is 1. The minimum absolute atomic E-state index is 0.558. The summed E-state index contributed by atoms with van der Waals surface area (Å²) in [5.41, 5.74) is 1.19. The Hall–Kier alpha value is -2.55. The van der Waals surface area contributed by atoms with Gasteiger partial charge in [-0.3, -0.25) is 0 Å². The van der Waals surface area contributed by atoms with Gasteiger partial charge in [0.25, 0.3) is 0 Å². The Balaban J connectivity index is 0.000000261. The van der Waals surface area contributed by atoms with Crippen LogP contribution < -0.4 is 0 Å². The minimum Gasteiger partial charge on any atom is -0.478 e. The van der Waals surface area contributed by atoms with Crippen LogP contribution in [0, 0.1) is 0 Å². The van der Waals surface area contributed by atoms with Gasteiger partial charge in [0.2, 0.25) is 5.82 Å². The molecule has 0 atom stereocenters. The molecule has 9 nitrogen and oxygen atoms in total. The maximum absolute atomic E-state index is 9.55. The second kappa shape index (κ2) is 8.67. The van der Waals surface area contributed by atoms with Crippen LogP contribution in [-0.2, 0) is 16.1 Å². The lowest BCUT2D eigenvalue weighted by Crippen LogP contribution is -2.25. The van der Waals surface area contributed by atoms with Crippen LogP contribution in [0.4, 0.5) is 0 Å². The third-order valence-electron chi connectivity index (χ3n) is 2.73. The fraction of sp³-hybridized carbons (Fsp3) is 0.462. The van der Waals surface area contributed by atoms with Gasteiger partial charge < -0.3 is 15.1 Å². The van der Waals surface area contributed by atoms with E-state index in [1.807, 2.05) is 6.92 Å². The highest BCUT2D eigenvalue weighted by Crippen LogP contribution is 2.15. The van der Waals surface area contributed by atoms with Crippen molar-refractivity contribution < 1.29 is 19.8 Å². The molecule has 0 unspecified atom stereocenters. The number of hydrogen-bond acceptors (Lipinski definition) is 6. The summed E-state index contributed by atoms with van der Waals surface area (Å²) in [6, 6.07) is 0. The number of aromatic nitrogens is 4. The molecule has 22 heavy (non-hydrogen) atoms. The number of aliphatic carboxylic acids is 2. The Morgan fingerprint density at radius 2 is 1.95 bits per heavy atom. The molecule has 0 spiro atoms. The second-order valence-corrected chi connectivity index (χ2v) is 4.57. The molecule has 2 rings (SSSR count). The molecule has 120 valence electrons. The maximum Gasteiger partial charge on any atom is 0.328 e. The summed E-state index contributed by atoms with van der Waals surface area (Å²) in [7, 11) is 2.11. The van der Waals surface area contributed by atoms with E-state index < -0.39 is 11.9 Å². The molecule has 1 aliphatic rings. The number of carbonyl (C=O) groups is 2. The van der Waals surface area contributed by atoms with Crippen molar-refractivity contribution in [3.63, 3.8) is 0 Å². The summed E-state index contributed by atoms with van der Waals surface area (Å²) in [5, 5.41) is 27.9. The quantitative estimate of drug-likeness (QED) is 0.752. The first kappa shape index (κ1) is 17.5. The third kappa shape index (κ3) is 6.27. The van der Waals surface area contributed by atoms with E-state index in [9.17, 15) is 9.59 Å². The van der Waals surface area contributed by atoms with E-state index in [0.29, 0.717) is 12.2 Å². The SMILES string of the molecule is CCn1nnc(C2=CCCN(C)C2)n1.O=C(O)/C=C\C(=O)O. The van der Waals surface area contributed by atoms with E-state index in [1.54, 1.807) is 4.80 Å². The van der Waals surface area contributed by atoms with Crippen LogP contribution in [-0.4, -0.2) is 67.4 Å². The third-order valence-corrected chi connectivity index (χ3v) is 2.73. The van der Waals surface area contributed by atoms with Gasteiger partial charge in [-0.2, -0.15) is 4.80 Å². The number of hydrogen-bond donors (Lipinski definition) is 2. The molecule has 0 saturated heterocycles. The largest absolute Gasteiger partial charge is 0.478 e. The van der Waals surface area contributed by atoms with Crippen molar-refractivity contribution in [1.82, 2.24) is 25.1 Å². The van der Waals surface area contributed by atoms with Gasteiger partial charge in [-0.25, -0.2) is 9.59 Å². The smallest absolute Gasteiger partial charge is 0.328 e. The summed E-state index contributed by atoms with van der Waals surface area (Å²) < 4.78 is 0. The number of carboxylic acids is 2. The van der Waals surface area contributed by atoms with Gasteiger partial charge in [0.05, 0.1) is 6.54 Å². The zero-order chi connectivity index (χ0) is 16.5. The number of aryl methyl sites for hydroxylation is 1. The van der Waals surface area contributed by atoms with Crippen LogP contribution in [0.1, 0.15) is 19.2 Å². The molecule has 1 aliphatic heterocycles. The molecule has 2 N–H and O–H groups in total. The summed E-state index contributed by atoms with van der Waals surface area (Å²) in [6.07, 6.45) is 4.40. The molecule has 9 heteroatoms. The van der Waals surface area contributed by atoms with Crippen molar-refractivity contribution in [2.45, 2.75) is 19.9 Å². The van der Waals surface area contributed by atoms with E-state index in [2.05, 4.69) is 33.4 Å². The highest BCUT2D eigenvalue weighted by Gasteiger charge is 2.14. The molecule has 0 bridgehead atoms. The molecule has 2 heterocycles. The zero-order valence-corrected chi connectivity index (χ0v) is 12.5. The van der Waals surface area contributed by atoms with Crippen LogP contribution in [0.5, 0.6) is 0 Å². The predicted octanol–water partition coefficient (Wildman–Crippen LogP) is 0.124. The van der Waals surface area contributed by atoms with Gasteiger partial charge in [0.15, 0.2) is 0 Å². The lowest BCUT2D eigenvalue weighted by molar-refractivity contribution is -0.134. The molecule has 0 amide bonds. The predicted molar refractivity (Wildman–Crippen MR) is 78.0 cm³/mol. The Morgan fingerprint density at radius 1 is 1.32 bits per heavy atom. The first-order chi connectivity index (χ1) is 10.4. The van der Waals surface area contributed by atoms with Crippen molar-refractivity contribution in [2.75, 3.05) is 20.1 Å².